The van der Waals surface area contributed by atoms with Gasteiger partial charge < -0.3 is 9.32 Å². The topological polar surface area (TPSA) is 64.2 Å². The van der Waals surface area contributed by atoms with Gasteiger partial charge in [0, 0.05) is 24.0 Å². The van der Waals surface area contributed by atoms with Crippen molar-refractivity contribution in [1.29, 1.82) is 0 Å². The Balaban J connectivity index is 1.67. The molecule has 0 radical (unpaired) electrons. The molecule has 1 saturated heterocycles. The van der Waals surface area contributed by atoms with Crippen LogP contribution in [0.2, 0.25) is 0 Å². The molecular formula is C19H22N4O2. The van der Waals surface area contributed by atoms with Crippen LogP contribution in [0.15, 0.2) is 29.2 Å². The van der Waals surface area contributed by atoms with Gasteiger partial charge in [0.1, 0.15) is 18.2 Å². The summed E-state index contributed by atoms with van der Waals surface area (Å²) in [5.41, 5.74) is 3.96. The number of nitrogens with zero attached hydrogens (tertiary/aromatic N) is 4. The van der Waals surface area contributed by atoms with Gasteiger partial charge in [0.15, 0.2) is 5.76 Å². The number of furan rings is 1. The molecule has 1 aromatic carbocycles. The van der Waals surface area contributed by atoms with Crippen molar-refractivity contribution >= 4 is 16.9 Å². The Kier molecular flexibility index (Phi) is 3.82. The number of hydrogen-bond acceptors (Lipinski definition) is 4. The maximum atomic E-state index is 13.1. The Morgan fingerprint density at radius 1 is 1.24 bits per heavy atom. The van der Waals surface area contributed by atoms with E-state index >= 15 is 0 Å². The fourth-order valence-corrected chi connectivity index (χ4v) is 3.78. The van der Waals surface area contributed by atoms with E-state index in [1.165, 1.54) is 6.33 Å². The Morgan fingerprint density at radius 3 is 2.76 bits per heavy atom. The van der Waals surface area contributed by atoms with E-state index in [0.29, 0.717) is 12.3 Å². The largest absolute Gasteiger partial charge is 0.450 e. The predicted molar refractivity (Wildman–Crippen MR) is 94.6 cm³/mol. The van der Waals surface area contributed by atoms with Gasteiger partial charge in [0.05, 0.1) is 6.04 Å². The maximum absolute atomic E-state index is 13.1. The van der Waals surface area contributed by atoms with Crippen LogP contribution in [-0.4, -0.2) is 38.7 Å². The van der Waals surface area contributed by atoms with Gasteiger partial charge >= 0.3 is 0 Å². The molecule has 2 aromatic heterocycles. The molecule has 0 aliphatic carbocycles. The summed E-state index contributed by atoms with van der Waals surface area (Å²) >= 11 is 0. The highest BCUT2D eigenvalue weighted by atomic mass is 16.3. The van der Waals surface area contributed by atoms with Gasteiger partial charge in [-0.05, 0) is 44.7 Å². The first-order valence-corrected chi connectivity index (χ1v) is 8.69. The minimum Gasteiger partial charge on any atom is -0.450 e. The molecule has 130 valence electrons. The molecule has 1 aliphatic rings. The van der Waals surface area contributed by atoms with Gasteiger partial charge in [-0.25, -0.2) is 9.67 Å². The molecule has 6 nitrogen and oxygen atoms in total. The molecule has 6 heteroatoms. The average molecular weight is 338 g/mol. The normalized spacial score (nSPS) is 18.0. The molecule has 1 fully saturated rings. The molecule has 1 aliphatic heterocycles. The summed E-state index contributed by atoms with van der Waals surface area (Å²) < 4.78 is 7.87. The quantitative estimate of drug-likeness (QED) is 0.718. The zero-order valence-corrected chi connectivity index (χ0v) is 14.8. The first-order valence-electron chi connectivity index (χ1n) is 8.69. The lowest BCUT2D eigenvalue weighted by molar-refractivity contribution is 0.0642. The van der Waals surface area contributed by atoms with Gasteiger partial charge in [0.2, 0.25) is 0 Å². The van der Waals surface area contributed by atoms with E-state index in [4.69, 9.17) is 4.42 Å². The monoisotopic (exact) mass is 338 g/mol. The van der Waals surface area contributed by atoms with E-state index in [2.05, 4.69) is 23.1 Å². The third-order valence-corrected chi connectivity index (χ3v) is 5.17. The van der Waals surface area contributed by atoms with Gasteiger partial charge in [-0.15, -0.1) is 0 Å². The standard InChI is InChI=1S/C19H22N4O2/c1-12-6-7-13(2)17-16(12)14(3)18(25-17)19(24)22-8-4-5-15(9-22)23-11-20-10-21-23/h6-7,10-11,15H,4-5,8-9H2,1-3H3/t15-/m1/s1. The summed E-state index contributed by atoms with van der Waals surface area (Å²) in [5, 5.41) is 5.29. The minimum atomic E-state index is -0.0303. The summed E-state index contributed by atoms with van der Waals surface area (Å²) in [6, 6.07) is 4.29. The first kappa shape index (κ1) is 15.9. The number of fused-ring (bicyclic) bond motifs is 1. The number of benzene rings is 1. The fourth-order valence-electron chi connectivity index (χ4n) is 3.78. The minimum absolute atomic E-state index is 0.0303. The maximum Gasteiger partial charge on any atom is 0.289 e. The Bertz CT molecular complexity index is 927. The molecule has 0 unspecified atom stereocenters. The fraction of sp³-hybridized carbons (Fsp3) is 0.421. The zero-order valence-electron chi connectivity index (χ0n) is 14.8. The van der Waals surface area contributed by atoms with Crippen molar-refractivity contribution in [3.05, 3.63) is 47.2 Å². The van der Waals surface area contributed by atoms with Crippen molar-refractivity contribution in [2.45, 2.75) is 39.7 Å². The highest BCUT2D eigenvalue weighted by Crippen LogP contribution is 2.32. The summed E-state index contributed by atoms with van der Waals surface area (Å²) in [4.78, 5) is 19.0. The number of aryl methyl sites for hydroxylation is 3. The van der Waals surface area contributed by atoms with Gasteiger partial charge in [-0.1, -0.05) is 12.1 Å². The number of amides is 1. The van der Waals surface area contributed by atoms with Crippen LogP contribution in [-0.2, 0) is 0 Å². The number of carbonyl (C=O) groups excluding carboxylic acids is 1. The Hall–Kier alpha value is -2.63. The molecule has 1 amide bonds. The Morgan fingerprint density at radius 2 is 2.04 bits per heavy atom. The van der Waals surface area contributed by atoms with Crippen LogP contribution in [0, 0.1) is 20.8 Å². The number of carbonyl (C=O) groups is 1. The van der Waals surface area contributed by atoms with Crippen LogP contribution in [0.5, 0.6) is 0 Å². The van der Waals surface area contributed by atoms with E-state index in [-0.39, 0.29) is 11.9 Å². The van der Waals surface area contributed by atoms with E-state index in [1.807, 2.05) is 29.5 Å². The molecule has 4 rings (SSSR count). The number of rotatable bonds is 2. The summed E-state index contributed by atoms with van der Waals surface area (Å²) in [7, 11) is 0. The second-order valence-electron chi connectivity index (χ2n) is 6.88. The van der Waals surface area contributed by atoms with Crippen LogP contribution < -0.4 is 0 Å². The third kappa shape index (κ3) is 2.62. The molecule has 3 aromatic rings. The van der Waals surface area contributed by atoms with Crippen LogP contribution in [0.3, 0.4) is 0 Å². The summed E-state index contributed by atoms with van der Waals surface area (Å²) in [6.07, 6.45) is 5.21. The molecular weight excluding hydrogens is 316 g/mol. The molecule has 25 heavy (non-hydrogen) atoms. The molecule has 3 heterocycles. The highest BCUT2D eigenvalue weighted by Gasteiger charge is 2.29. The van der Waals surface area contributed by atoms with E-state index < -0.39 is 0 Å². The predicted octanol–water partition coefficient (Wildman–Crippen LogP) is 3.43. The first-order chi connectivity index (χ1) is 12.1. The molecule has 1 atom stereocenters. The third-order valence-electron chi connectivity index (χ3n) is 5.17. The lowest BCUT2D eigenvalue weighted by atomic mass is 10.0. The van der Waals surface area contributed by atoms with Crippen LogP contribution in [0.4, 0.5) is 0 Å². The van der Waals surface area contributed by atoms with Crippen molar-refractivity contribution in [2.75, 3.05) is 13.1 Å². The van der Waals surface area contributed by atoms with Crippen LogP contribution in [0.1, 0.15) is 46.1 Å². The zero-order chi connectivity index (χ0) is 17.6. The molecule has 0 bridgehead atoms. The highest BCUT2D eigenvalue weighted by molar-refractivity contribution is 6.00. The van der Waals surface area contributed by atoms with Gasteiger partial charge in [0.25, 0.3) is 5.91 Å². The Labute approximate surface area is 146 Å². The van der Waals surface area contributed by atoms with Crippen molar-refractivity contribution in [2.24, 2.45) is 0 Å². The number of piperidine rings is 1. The SMILES string of the molecule is Cc1ccc(C)c2c(C)c(C(=O)N3CCC[C@@H](n4cncn4)C3)oc12. The second-order valence-corrected chi connectivity index (χ2v) is 6.88. The van der Waals surface area contributed by atoms with Crippen molar-refractivity contribution in [3.63, 3.8) is 0 Å². The van der Waals surface area contributed by atoms with E-state index in [0.717, 1.165) is 47.0 Å². The lowest BCUT2D eigenvalue weighted by Gasteiger charge is -2.32. The van der Waals surface area contributed by atoms with E-state index in [9.17, 15) is 4.79 Å². The molecule has 0 N–H and O–H groups in total. The smallest absolute Gasteiger partial charge is 0.289 e. The van der Waals surface area contributed by atoms with E-state index in [1.54, 1.807) is 6.33 Å². The van der Waals surface area contributed by atoms with Crippen LogP contribution >= 0.6 is 0 Å². The summed E-state index contributed by atoms with van der Waals surface area (Å²) in [6.45, 7) is 7.43. The van der Waals surface area contributed by atoms with Crippen molar-refractivity contribution in [1.82, 2.24) is 19.7 Å². The number of likely N-dealkylation sites (tertiary alicyclic amines) is 1. The second kappa shape index (κ2) is 6.02. The average Bonchev–Trinajstić information content (AvgIpc) is 3.27. The lowest BCUT2D eigenvalue weighted by Crippen LogP contribution is -2.40. The molecule has 0 spiro atoms. The van der Waals surface area contributed by atoms with Gasteiger partial charge in [-0.2, -0.15) is 5.10 Å². The number of aromatic nitrogens is 3. The van der Waals surface area contributed by atoms with Gasteiger partial charge in [-0.3, -0.25) is 4.79 Å². The number of hydrogen-bond donors (Lipinski definition) is 0. The van der Waals surface area contributed by atoms with Crippen LogP contribution in [0.25, 0.3) is 11.0 Å². The van der Waals surface area contributed by atoms with Crippen molar-refractivity contribution in [3.8, 4) is 0 Å². The summed E-state index contributed by atoms with van der Waals surface area (Å²) in [5.74, 6) is 0.434. The van der Waals surface area contributed by atoms with Crippen molar-refractivity contribution < 1.29 is 9.21 Å². The molecule has 0 saturated carbocycles.